The summed E-state index contributed by atoms with van der Waals surface area (Å²) in [6, 6.07) is 6.55. The van der Waals surface area contributed by atoms with Gasteiger partial charge in [-0.25, -0.2) is 0 Å². The van der Waals surface area contributed by atoms with E-state index < -0.39 is 12.3 Å². The van der Waals surface area contributed by atoms with E-state index in [0.29, 0.717) is 11.1 Å². The van der Waals surface area contributed by atoms with Gasteiger partial charge in [-0.3, -0.25) is 4.79 Å². The van der Waals surface area contributed by atoms with Crippen LogP contribution >= 0.6 is 0 Å². The van der Waals surface area contributed by atoms with E-state index in [2.05, 4.69) is 14.7 Å². The number of hydrogen-bond donors (Lipinski definition) is 0. The van der Waals surface area contributed by atoms with Crippen LogP contribution in [0.4, 0.5) is 8.78 Å². The van der Waals surface area contributed by atoms with Gasteiger partial charge in [-0.15, -0.1) is 0 Å². The van der Waals surface area contributed by atoms with Crippen molar-refractivity contribution < 1.29 is 18.1 Å². The molecule has 1 aliphatic rings. The zero-order chi connectivity index (χ0) is 14.8. The molecule has 1 aliphatic heterocycles. The molecule has 0 spiro atoms. The number of halogens is 2. The highest BCUT2D eigenvalue weighted by molar-refractivity contribution is 5.94. The number of hydrogen-bond acceptors (Lipinski definition) is 4. The molecule has 1 aromatic carbocycles. The first-order valence-corrected chi connectivity index (χ1v) is 6.66. The molecule has 2 aromatic rings. The first-order valence-electron chi connectivity index (χ1n) is 6.66. The van der Waals surface area contributed by atoms with E-state index in [1.54, 1.807) is 29.2 Å². The summed E-state index contributed by atoms with van der Waals surface area (Å²) in [4.78, 5) is 17.6. The summed E-state index contributed by atoms with van der Waals surface area (Å²) < 4.78 is 29.2. The second kappa shape index (κ2) is 5.59. The third kappa shape index (κ3) is 2.76. The Balaban J connectivity index is 1.78. The fourth-order valence-electron chi connectivity index (χ4n) is 2.31. The number of likely N-dealkylation sites (tertiary alicyclic amines) is 1. The van der Waals surface area contributed by atoms with E-state index in [1.807, 2.05) is 0 Å². The lowest BCUT2D eigenvalue weighted by molar-refractivity contribution is 0.0793. The molecule has 0 atom stereocenters. The summed E-state index contributed by atoms with van der Waals surface area (Å²) in [7, 11) is 0. The molecule has 1 fully saturated rings. The molecular formula is C14H13F2N3O2. The molecule has 1 aromatic heterocycles. The second-order valence-corrected chi connectivity index (χ2v) is 4.83. The Morgan fingerprint density at radius 1 is 1.19 bits per heavy atom. The molecule has 0 aliphatic carbocycles. The smallest absolute Gasteiger partial charge is 0.315 e. The fraction of sp³-hybridized carbons (Fsp3) is 0.357. The topological polar surface area (TPSA) is 59.2 Å². The average molecular weight is 293 g/mol. The van der Waals surface area contributed by atoms with Crippen LogP contribution in [0.5, 0.6) is 0 Å². The lowest BCUT2D eigenvalue weighted by atomic mass is 10.1. The molecule has 0 N–H and O–H groups in total. The minimum Gasteiger partial charge on any atom is -0.339 e. The highest BCUT2D eigenvalue weighted by Gasteiger charge is 2.20. The van der Waals surface area contributed by atoms with Gasteiger partial charge in [-0.05, 0) is 25.0 Å². The number of benzene rings is 1. The second-order valence-electron chi connectivity index (χ2n) is 4.83. The van der Waals surface area contributed by atoms with Gasteiger partial charge in [-0.2, -0.15) is 13.8 Å². The lowest BCUT2D eigenvalue weighted by Gasteiger charge is -2.15. The Bertz CT molecular complexity index is 634. The number of carbonyl (C=O) groups is 1. The van der Waals surface area contributed by atoms with Gasteiger partial charge in [0.2, 0.25) is 5.82 Å². The van der Waals surface area contributed by atoms with Crippen LogP contribution in [0.2, 0.25) is 0 Å². The summed E-state index contributed by atoms with van der Waals surface area (Å²) in [5.74, 6) is -0.631. The van der Waals surface area contributed by atoms with Gasteiger partial charge in [0.15, 0.2) is 0 Å². The van der Waals surface area contributed by atoms with Crippen LogP contribution in [-0.4, -0.2) is 34.0 Å². The summed E-state index contributed by atoms with van der Waals surface area (Å²) in [5, 5.41) is 3.50. The third-order valence-corrected chi connectivity index (χ3v) is 3.41. The van der Waals surface area contributed by atoms with Crippen LogP contribution in [0.1, 0.15) is 35.5 Å². The normalized spacial score (nSPS) is 14.9. The van der Waals surface area contributed by atoms with Crippen LogP contribution < -0.4 is 0 Å². The summed E-state index contributed by atoms with van der Waals surface area (Å²) >= 11 is 0. The standard InChI is InChI=1S/C14H13F2N3O2/c15-11(16)13-17-12(18-21-13)9-3-5-10(6-4-9)14(20)19-7-1-2-8-19/h3-6,11H,1-2,7-8H2. The van der Waals surface area contributed by atoms with Crippen molar-refractivity contribution in [1.29, 1.82) is 0 Å². The average Bonchev–Trinajstić information content (AvgIpc) is 3.18. The van der Waals surface area contributed by atoms with Crippen LogP contribution in [0.25, 0.3) is 11.4 Å². The fourth-order valence-corrected chi connectivity index (χ4v) is 2.31. The van der Waals surface area contributed by atoms with Crippen molar-refractivity contribution in [3.05, 3.63) is 35.7 Å². The van der Waals surface area contributed by atoms with Gasteiger partial charge in [0.1, 0.15) is 0 Å². The molecule has 0 unspecified atom stereocenters. The maximum Gasteiger partial charge on any atom is 0.315 e. The predicted octanol–water partition coefficient (Wildman–Crippen LogP) is 2.91. The molecule has 110 valence electrons. The first-order chi connectivity index (χ1) is 10.1. The van der Waals surface area contributed by atoms with E-state index in [4.69, 9.17) is 0 Å². The first kappa shape index (κ1) is 13.7. The number of alkyl halides is 2. The molecule has 1 saturated heterocycles. The third-order valence-electron chi connectivity index (χ3n) is 3.41. The largest absolute Gasteiger partial charge is 0.339 e. The quantitative estimate of drug-likeness (QED) is 0.873. The van der Waals surface area contributed by atoms with Crippen LogP contribution in [0.3, 0.4) is 0 Å². The van der Waals surface area contributed by atoms with Gasteiger partial charge < -0.3 is 9.42 Å². The summed E-state index contributed by atoms with van der Waals surface area (Å²) in [6.45, 7) is 1.56. The zero-order valence-electron chi connectivity index (χ0n) is 11.1. The highest BCUT2D eigenvalue weighted by Crippen LogP contribution is 2.22. The van der Waals surface area contributed by atoms with Gasteiger partial charge in [0.05, 0.1) is 0 Å². The Labute approximate surface area is 119 Å². The van der Waals surface area contributed by atoms with E-state index in [1.165, 1.54) is 0 Å². The Morgan fingerprint density at radius 3 is 2.43 bits per heavy atom. The predicted molar refractivity (Wildman–Crippen MR) is 69.8 cm³/mol. The van der Waals surface area contributed by atoms with E-state index in [-0.39, 0.29) is 11.7 Å². The number of aromatic nitrogens is 2. The van der Waals surface area contributed by atoms with Crippen molar-refractivity contribution >= 4 is 5.91 Å². The van der Waals surface area contributed by atoms with Crippen LogP contribution in [0, 0.1) is 0 Å². The number of carbonyl (C=O) groups excluding carboxylic acids is 1. The zero-order valence-corrected chi connectivity index (χ0v) is 11.1. The maximum atomic E-state index is 12.4. The van der Waals surface area contributed by atoms with Crippen molar-refractivity contribution in [2.75, 3.05) is 13.1 Å². The molecule has 5 nitrogen and oxygen atoms in total. The van der Waals surface area contributed by atoms with Gasteiger partial charge in [0.25, 0.3) is 11.8 Å². The van der Waals surface area contributed by atoms with Crippen LogP contribution in [-0.2, 0) is 0 Å². The van der Waals surface area contributed by atoms with Crippen molar-refractivity contribution in [3.8, 4) is 11.4 Å². The molecule has 1 amide bonds. The minimum absolute atomic E-state index is 0.0135. The molecule has 3 rings (SSSR count). The number of amides is 1. The molecule has 0 bridgehead atoms. The highest BCUT2D eigenvalue weighted by atomic mass is 19.3. The molecule has 21 heavy (non-hydrogen) atoms. The van der Waals surface area contributed by atoms with Gasteiger partial charge in [0, 0.05) is 24.2 Å². The Hall–Kier alpha value is -2.31. The van der Waals surface area contributed by atoms with Crippen molar-refractivity contribution in [2.45, 2.75) is 19.3 Å². The molecule has 0 radical (unpaired) electrons. The SMILES string of the molecule is O=C(c1ccc(-c2noc(C(F)F)n2)cc1)N1CCCC1. The maximum absolute atomic E-state index is 12.4. The van der Waals surface area contributed by atoms with Gasteiger partial charge >= 0.3 is 6.43 Å². The monoisotopic (exact) mass is 293 g/mol. The van der Waals surface area contributed by atoms with Gasteiger partial charge in [-0.1, -0.05) is 17.3 Å². The molecule has 7 heteroatoms. The Morgan fingerprint density at radius 2 is 1.86 bits per heavy atom. The van der Waals surface area contributed by atoms with E-state index in [0.717, 1.165) is 25.9 Å². The Kier molecular flexibility index (Phi) is 3.64. The molecular weight excluding hydrogens is 280 g/mol. The minimum atomic E-state index is -2.79. The summed E-state index contributed by atoms with van der Waals surface area (Å²) in [6.07, 6.45) is -0.728. The van der Waals surface area contributed by atoms with Crippen molar-refractivity contribution in [3.63, 3.8) is 0 Å². The van der Waals surface area contributed by atoms with E-state index >= 15 is 0 Å². The van der Waals surface area contributed by atoms with Crippen molar-refractivity contribution in [2.24, 2.45) is 0 Å². The molecule has 0 saturated carbocycles. The number of nitrogens with zero attached hydrogens (tertiary/aromatic N) is 3. The van der Waals surface area contributed by atoms with E-state index in [9.17, 15) is 13.6 Å². The molecule has 2 heterocycles. The number of rotatable bonds is 3. The van der Waals surface area contributed by atoms with Crippen LogP contribution in [0.15, 0.2) is 28.8 Å². The van der Waals surface area contributed by atoms with Crippen molar-refractivity contribution in [1.82, 2.24) is 15.0 Å². The lowest BCUT2D eigenvalue weighted by Crippen LogP contribution is -2.27. The summed E-state index contributed by atoms with van der Waals surface area (Å²) in [5.41, 5.74) is 1.10.